The van der Waals surface area contributed by atoms with Crippen LogP contribution in [0.2, 0.25) is 0 Å². The molecule has 2 N–H and O–H groups in total. The van der Waals surface area contributed by atoms with Crippen molar-refractivity contribution >= 4 is 19.4 Å². The smallest absolute Gasteiger partial charge is 0.116 e. The summed E-state index contributed by atoms with van der Waals surface area (Å²) in [5.41, 5.74) is 7.59. The van der Waals surface area contributed by atoms with E-state index in [1.165, 1.54) is 11.1 Å². The lowest BCUT2D eigenvalue weighted by atomic mass is 10.4. The zero-order valence-electron chi connectivity index (χ0n) is 9.98. The Morgan fingerprint density at radius 2 is 1.21 bits per heavy atom. The lowest BCUT2D eigenvalue weighted by Crippen LogP contribution is -2.30. The van der Waals surface area contributed by atoms with Crippen LogP contribution in [0.4, 0.5) is 0 Å². The number of allylic oxidation sites excluding steroid dienone is 2. The molecule has 0 heterocycles. The van der Waals surface area contributed by atoms with Crippen molar-refractivity contribution in [2.75, 3.05) is 13.1 Å². The Morgan fingerprint density at radius 1 is 0.857 bits per heavy atom. The minimum Gasteiger partial charge on any atom is -0.338 e. The lowest BCUT2D eigenvalue weighted by molar-refractivity contribution is 0.847. The van der Waals surface area contributed by atoms with Gasteiger partial charge in [-0.05, 0) is 27.7 Å². The molecular formula is C10H24N2Si2. The largest absolute Gasteiger partial charge is 0.338 e. The second-order valence-electron chi connectivity index (χ2n) is 3.97. The molecule has 0 rings (SSSR count). The standard InChI is InChI=1S/C10H24N2Si2/c1-9(2)7-13-11-5-6-12-14-8-10(3)4/h7-8,11-12H,5-6,13-14H2,1-4H3. The van der Waals surface area contributed by atoms with Gasteiger partial charge in [0.15, 0.2) is 0 Å². The van der Waals surface area contributed by atoms with E-state index in [-0.39, 0.29) is 19.4 Å². The van der Waals surface area contributed by atoms with Gasteiger partial charge >= 0.3 is 0 Å². The van der Waals surface area contributed by atoms with Gasteiger partial charge in [-0.1, -0.05) is 22.5 Å². The average Bonchev–Trinajstić information content (AvgIpc) is 2.08. The summed E-state index contributed by atoms with van der Waals surface area (Å²) in [6.07, 6.45) is 0. The summed E-state index contributed by atoms with van der Waals surface area (Å²) in [4.78, 5) is 7.01. The van der Waals surface area contributed by atoms with Crippen LogP contribution >= 0.6 is 0 Å². The molecule has 0 aliphatic carbocycles. The van der Waals surface area contributed by atoms with Crippen molar-refractivity contribution in [1.29, 1.82) is 0 Å². The van der Waals surface area contributed by atoms with Gasteiger partial charge in [-0.2, -0.15) is 0 Å². The summed E-state index contributed by atoms with van der Waals surface area (Å²) in [6.45, 7) is 10.9. The van der Waals surface area contributed by atoms with Crippen LogP contribution in [0.1, 0.15) is 27.7 Å². The lowest BCUT2D eigenvalue weighted by Gasteiger charge is -2.02. The molecule has 0 bridgehead atoms. The van der Waals surface area contributed by atoms with E-state index in [2.05, 4.69) is 49.1 Å². The van der Waals surface area contributed by atoms with E-state index in [1.807, 2.05) is 0 Å². The van der Waals surface area contributed by atoms with Crippen LogP contribution in [0.15, 0.2) is 22.5 Å². The highest BCUT2D eigenvalue weighted by molar-refractivity contribution is 6.39. The van der Waals surface area contributed by atoms with Crippen molar-refractivity contribution in [3.8, 4) is 0 Å². The molecule has 0 radical (unpaired) electrons. The Balaban J connectivity index is 3.15. The van der Waals surface area contributed by atoms with Crippen LogP contribution in [-0.4, -0.2) is 32.5 Å². The van der Waals surface area contributed by atoms with Gasteiger partial charge < -0.3 is 9.96 Å². The molecule has 14 heavy (non-hydrogen) atoms. The highest BCUT2D eigenvalue weighted by Crippen LogP contribution is 1.84. The summed E-state index contributed by atoms with van der Waals surface area (Å²) in [5.74, 6) is 0. The maximum Gasteiger partial charge on any atom is 0.116 e. The predicted octanol–water partition coefficient (Wildman–Crippen LogP) is 0.181. The molecule has 0 aromatic heterocycles. The van der Waals surface area contributed by atoms with Crippen molar-refractivity contribution in [3.05, 3.63) is 22.5 Å². The highest BCUT2D eigenvalue weighted by atomic mass is 28.2. The van der Waals surface area contributed by atoms with Gasteiger partial charge in [0.1, 0.15) is 19.4 Å². The molecule has 0 aromatic rings. The third-order valence-corrected chi connectivity index (χ3v) is 5.11. The molecule has 0 atom stereocenters. The molecule has 0 saturated heterocycles. The van der Waals surface area contributed by atoms with E-state index < -0.39 is 0 Å². The predicted molar refractivity (Wildman–Crippen MR) is 72.0 cm³/mol. The van der Waals surface area contributed by atoms with Gasteiger partial charge in [0.2, 0.25) is 0 Å². The summed E-state index contributed by atoms with van der Waals surface area (Å²) in [7, 11) is -0.276. The zero-order chi connectivity index (χ0) is 10.8. The highest BCUT2D eigenvalue weighted by Gasteiger charge is 1.86. The normalized spacial score (nSPS) is 11.4. The summed E-state index contributed by atoms with van der Waals surface area (Å²) in [5, 5.41) is 0. The molecule has 0 fully saturated rings. The van der Waals surface area contributed by atoms with Gasteiger partial charge in [0, 0.05) is 13.1 Å². The van der Waals surface area contributed by atoms with Crippen molar-refractivity contribution in [2.24, 2.45) is 0 Å². The molecule has 2 nitrogen and oxygen atoms in total. The van der Waals surface area contributed by atoms with E-state index in [1.54, 1.807) is 0 Å². The van der Waals surface area contributed by atoms with Crippen molar-refractivity contribution in [2.45, 2.75) is 27.7 Å². The van der Waals surface area contributed by atoms with E-state index >= 15 is 0 Å². The SMILES string of the molecule is CC(C)=C[SiH2]NCCN[SiH2]C=C(C)C. The van der Waals surface area contributed by atoms with Crippen molar-refractivity contribution < 1.29 is 0 Å². The fourth-order valence-corrected chi connectivity index (χ4v) is 2.80. The Kier molecular flexibility index (Phi) is 9.28. The summed E-state index contributed by atoms with van der Waals surface area (Å²) >= 11 is 0. The number of nitrogens with one attached hydrogen (secondary N) is 2. The molecule has 0 aliphatic heterocycles. The third kappa shape index (κ3) is 11.8. The first kappa shape index (κ1) is 13.8. The first-order valence-corrected chi connectivity index (χ1v) is 8.36. The number of hydrogen-bond acceptors (Lipinski definition) is 2. The monoisotopic (exact) mass is 228 g/mol. The van der Waals surface area contributed by atoms with Crippen molar-refractivity contribution in [3.63, 3.8) is 0 Å². The van der Waals surface area contributed by atoms with Gasteiger partial charge in [0.25, 0.3) is 0 Å². The first-order chi connectivity index (χ1) is 6.63. The molecule has 4 heteroatoms. The molecule has 0 amide bonds. The molecule has 0 saturated carbocycles. The van der Waals surface area contributed by atoms with E-state index in [9.17, 15) is 0 Å². The van der Waals surface area contributed by atoms with Gasteiger partial charge in [-0.3, -0.25) is 0 Å². The van der Waals surface area contributed by atoms with E-state index in [0.29, 0.717) is 0 Å². The van der Waals surface area contributed by atoms with Gasteiger partial charge in [0.05, 0.1) is 0 Å². The maximum absolute atomic E-state index is 3.51. The quantitative estimate of drug-likeness (QED) is 0.480. The van der Waals surface area contributed by atoms with Gasteiger partial charge in [-0.25, -0.2) is 0 Å². The molecule has 0 unspecified atom stereocenters. The van der Waals surface area contributed by atoms with E-state index in [0.717, 1.165) is 13.1 Å². The second kappa shape index (κ2) is 9.39. The van der Waals surface area contributed by atoms with Gasteiger partial charge in [-0.15, -0.1) is 0 Å². The fraction of sp³-hybridized carbons (Fsp3) is 0.600. The molecular weight excluding hydrogens is 204 g/mol. The van der Waals surface area contributed by atoms with Crippen LogP contribution in [0, 0.1) is 0 Å². The molecule has 82 valence electrons. The Labute approximate surface area is 93.1 Å². The third-order valence-electron chi connectivity index (χ3n) is 1.79. The van der Waals surface area contributed by atoms with Crippen LogP contribution in [-0.2, 0) is 0 Å². The molecule has 0 aliphatic rings. The van der Waals surface area contributed by atoms with E-state index in [4.69, 9.17) is 0 Å². The Bertz CT molecular complexity index is 170. The summed E-state index contributed by atoms with van der Waals surface area (Å²) in [6, 6.07) is 0. The second-order valence-corrected chi connectivity index (χ2v) is 6.60. The zero-order valence-corrected chi connectivity index (χ0v) is 12.8. The van der Waals surface area contributed by atoms with Crippen LogP contribution in [0.25, 0.3) is 0 Å². The average molecular weight is 228 g/mol. The van der Waals surface area contributed by atoms with Crippen LogP contribution in [0.3, 0.4) is 0 Å². The molecule has 0 aromatic carbocycles. The van der Waals surface area contributed by atoms with Crippen LogP contribution < -0.4 is 9.96 Å². The maximum atomic E-state index is 3.51. The Hall–Kier alpha value is -0.166. The number of hydrogen-bond donors (Lipinski definition) is 2. The minimum atomic E-state index is -0.138. The molecule has 0 spiro atoms. The topological polar surface area (TPSA) is 24.1 Å². The Morgan fingerprint density at radius 3 is 1.50 bits per heavy atom. The summed E-state index contributed by atoms with van der Waals surface area (Å²) < 4.78 is 0. The minimum absolute atomic E-state index is 0.138. The van der Waals surface area contributed by atoms with Crippen molar-refractivity contribution in [1.82, 2.24) is 9.96 Å². The number of rotatable bonds is 7. The first-order valence-electron chi connectivity index (χ1n) is 5.31. The van der Waals surface area contributed by atoms with Crippen LogP contribution in [0.5, 0.6) is 0 Å². The fourth-order valence-electron chi connectivity index (χ4n) is 0.933.